The maximum absolute atomic E-state index is 14.3. The number of thiophene rings is 1. The molecule has 0 bridgehead atoms. The number of carbonyl (C=O) groups excluding carboxylic acids is 1. The van der Waals surface area contributed by atoms with Crippen LogP contribution < -0.4 is 0 Å². The van der Waals surface area contributed by atoms with Gasteiger partial charge in [-0.25, -0.2) is 12.8 Å². The van der Waals surface area contributed by atoms with Crippen molar-refractivity contribution in [2.45, 2.75) is 36.6 Å². The van der Waals surface area contributed by atoms with Gasteiger partial charge in [-0.2, -0.15) is 4.31 Å². The molecule has 3 heterocycles. The van der Waals surface area contributed by atoms with Crippen LogP contribution >= 0.6 is 11.3 Å². The van der Waals surface area contributed by atoms with E-state index in [1.807, 2.05) is 17.5 Å². The van der Waals surface area contributed by atoms with Gasteiger partial charge < -0.3 is 4.90 Å². The lowest BCUT2D eigenvalue weighted by Crippen LogP contribution is -2.31. The second-order valence-electron chi connectivity index (χ2n) is 6.93. The lowest BCUT2D eigenvalue weighted by molar-refractivity contribution is 0.0737. The van der Waals surface area contributed by atoms with E-state index >= 15 is 0 Å². The maximum Gasteiger partial charge on any atom is 0.254 e. The van der Waals surface area contributed by atoms with E-state index in [4.69, 9.17) is 0 Å². The number of amides is 1. The van der Waals surface area contributed by atoms with E-state index in [1.165, 1.54) is 16.4 Å². The van der Waals surface area contributed by atoms with Gasteiger partial charge in [-0.15, -0.1) is 11.3 Å². The maximum atomic E-state index is 14.3. The van der Waals surface area contributed by atoms with Crippen LogP contribution in [0.5, 0.6) is 0 Å². The number of hydrogen-bond donors (Lipinski definition) is 0. The van der Waals surface area contributed by atoms with Crippen LogP contribution in [0.2, 0.25) is 0 Å². The number of sulfonamides is 1. The van der Waals surface area contributed by atoms with Crippen LogP contribution in [-0.4, -0.2) is 43.2 Å². The molecule has 2 aliphatic rings. The summed E-state index contributed by atoms with van der Waals surface area (Å²) in [4.78, 5) is 15.6. The largest absolute Gasteiger partial charge is 0.331 e. The SMILES string of the molecule is O=C(c1ccc(F)c(S(=O)(=O)N2CCCC2)c1)N1CCCC1c1cccs1. The lowest BCUT2D eigenvalue weighted by atomic mass is 10.1. The number of carbonyl (C=O) groups is 1. The van der Waals surface area contributed by atoms with Gasteiger partial charge in [0, 0.05) is 30.1 Å². The molecule has 27 heavy (non-hydrogen) atoms. The number of halogens is 1. The molecule has 1 aromatic heterocycles. The Labute approximate surface area is 162 Å². The van der Waals surface area contributed by atoms with Gasteiger partial charge in [0.2, 0.25) is 10.0 Å². The van der Waals surface area contributed by atoms with Crippen molar-refractivity contribution in [2.24, 2.45) is 0 Å². The molecule has 1 amide bonds. The lowest BCUT2D eigenvalue weighted by Gasteiger charge is -2.24. The normalized spacial score (nSPS) is 21.1. The third-order valence-electron chi connectivity index (χ3n) is 5.25. The van der Waals surface area contributed by atoms with Gasteiger partial charge in [0.25, 0.3) is 5.91 Å². The molecule has 0 N–H and O–H groups in total. The van der Waals surface area contributed by atoms with Gasteiger partial charge in [-0.1, -0.05) is 6.07 Å². The number of likely N-dealkylation sites (tertiary alicyclic amines) is 1. The highest BCUT2D eigenvalue weighted by Crippen LogP contribution is 2.36. The summed E-state index contributed by atoms with van der Waals surface area (Å²) in [5.41, 5.74) is 0.220. The van der Waals surface area contributed by atoms with Crippen molar-refractivity contribution in [2.75, 3.05) is 19.6 Å². The molecule has 1 atom stereocenters. The van der Waals surface area contributed by atoms with E-state index in [1.54, 1.807) is 16.2 Å². The highest BCUT2D eigenvalue weighted by Gasteiger charge is 2.34. The second kappa shape index (κ2) is 7.33. The van der Waals surface area contributed by atoms with E-state index in [-0.39, 0.29) is 17.5 Å². The predicted molar refractivity (Wildman–Crippen MR) is 102 cm³/mol. The molecule has 0 aliphatic carbocycles. The zero-order valence-electron chi connectivity index (χ0n) is 14.8. The Bertz CT molecular complexity index is 938. The van der Waals surface area contributed by atoms with E-state index in [2.05, 4.69) is 0 Å². The van der Waals surface area contributed by atoms with E-state index in [9.17, 15) is 17.6 Å². The first kappa shape index (κ1) is 18.6. The number of hydrogen-bond acceptors (Lipinski definition) is 4. The molecule has 1 unspecified atom stereocenters. The number of benzene rings is 1. The average Bonchev–Trinajstić information content (AvgIpc) is 3.43. The van der Waals surface area contributed by atoms with Gasteiger partial charge in [-0.3, -0.25) is 4.79 Å². The molecule has 0 spiro atoms. The van der Waals surface area contributed by atoms with Gasteiger partial charge in [0.05, 0.1) is 6.04 Å². The first-order valence-electron chi connectivity index (χ1n) is 9.12. The van der Waals surface area contributed by atoms with Crippen molar-refractivity contribution in [3.8, 4) is 0 Å². The van der Waals surface area contributed by atoms with Crippen molar-refractivity contribution in [3.05, 3.63) is 52.0 Å². The topological polar surface area (TPSA) is 57.7 Å². The summed E-state index contributed by atoms with van der Waals surface area (Å²) >= 11 is 1.61. The first-order valence-corrected chi connectivity index (χ1v) is 11.4. The van der Waals surface area contributed by atoms with Gasteiger partial charge in [0.1, 0.15) is 10.7 Å². The third-order valence-corrected chi connectivity index (χ3v) is 8.13. The fraction of sp³-hybridized carbons (Fsp3) is 0.421. The molecule has 4 rings (SSSR count). The zero-order valence-corrected chi connectivity index (χ0v) is 16.4. The van der Waals surface area contributed by atoms with Crippen molar-refractivity contribution >= 4 is 27.3 Å². The van der Waals surface area contributed by atoms with Crippen LogP contribution in [0.1, 0.15) is 47.0 Å². The van der Waals surface area contributed by atoms with Crippen molar-refractivity contribution in [1.29, 1.82) is 0 Å². The molecule has 2 aromatic rings. The summed E-state index contributed by atoms with van der Waals surface area (Å²) < 4.78 is 41.2. The fourth-order valence-corrected chi connectivity index (χ4v) is 6.33. The number of rotatable bonds is 4. The quantitative estimate of drug-likeness (QED) is 0.776. The minimum absolute atomic E-state index is 0.00110. The van der Waals surface area contributed by atoms with Crippen LogP contribution in [0, 0.1) is 5.82 Å². The van der Waals surface area contributed by atoms with E-state index in [0.717, 1.165) is 36.6 Å². The zero-order chi connectivity index (χ0) is 19.0. The summed E-state index contributed by atoms with van der Waals surface area (Å²) in [6.07, 6.45) is 3.33. The Morgan fingerprint density at radius 3 is 2.59 bits per heavy atom. The second-order valence-corrected chi connectivity index (χ2v) is 9.81. The molecule has 2 aliphatic heterocycles. The fourth-order valence-electron chi connectivity index (χ4n) is 3.85. The summed E-state index contributed by atoms with van der Waals surface area (Å²) in [7, 11) is -3.92. The highest BCUT2D eigenvalue weighted by atomic mass is 32.2. The van der Waals surface area contributed by atoms with Crippen LogP contribution in [-0.2, 0) is 10.0 Å². The van der Waals surface area contributed by atoms with Gasteiger partial charge >= 0.3 is 0 Å². The monoisotopic (exact) mass is 408 g/mol. The van der Waals surface area contributed by atoms with E-state index < -0.39 is 20.7 Å². The smallest absolute Gasteiger partial charge is 0.254 e. The van der Waals surface area contributed by atoms with Crippen molar-refractivity contribution in [1.82, 2.24) is 9.21 Å². The Balaban J connectivity index is 1.65. The third kappa shape index (κ3) is 3.41. The molecular formula is C19H21FN2O3S2. The molecule has 1 aromatic carbocycles. The van der Waals surface area contributed by atoms with Gasteiger partial charge in [-0.05, 0) is 55.3 Å². The van der Waals surface area contributed by atoms with E-state index in [0.29, 0.717) is 19.6 Å². The first-order chi connectivity index (χ1) is 13.0. The van der Waals surface area contributed by atoms with Crippen LogP contribution in [0.25, 0.3) is 0 Å². The summed E-state index contributed by atoms with van der Waals surface area (Å²) in [5.74, 6) is -1.06. The van der Waals surface area contributed by atoms with Crippen molar-refractivity contribution < 1.29 is 17.6 Å². The van der Waals surface area contributed by atoms with Gasteiger partial charge in [0.15, 0.2) is 0 Å². The molecule has 144 valence electrons. The highest BCUT2D eigenvalue weighted by molar-refractivity contribution is 7.89. The Hall–Kier alpha value is -1.77. The molecule has 2 fully saturated rings. The molecule has 5 nitrogen and oxygen atoms in total. The molecule has 0 radical (unpaired) electrons. The minimum Gasteiger partial charge on any atom is -0.331 e. The minimum atomic E-state index is -3.92. The predicted octanol–water partition coefficient (Wildman–Crippen LogP) is 3.65. The van der Waals surface area contributed by atoms with Crippen LogP contribution in [0.4, 0.5) is 4.39 Å². The molecule has 8 heteroatoms. The van der Waals surface area contributed by atoms with Crippen LogP contribution in [0.3, 0.4) is 0 Å². The Morgan fingerprint density at radius 1 is 1.11 bits per heavy atom. The Morgan fingerprint density at radius 2 is 1.89 bits per heavy atom. The summed E-state index contributed by atoms with van der Waals surface area (Å²) in [5, 5.41) is 1.98. The standard InChI is InChI=1S/C19H21FN2O3S2/c20-15-8-7-14(13-18(15)27(24,25)21-9-1-2-10-21)19(23)22-11-3-5-16(22)17-6-4-12-26-17/h4,6-8,12-13,16H,1-3,5,9-11H2. The van der Waals surface area contributed by atoms with Crippen molar-refractivity contribution in [3.63, 3.8) is 0 Å². The summed E-state index contributed by atoms with van der Waals surface area (Å²) in [6.45, 7) is 1.41. The number of nitrogens with zero attached hydrogens (tertiary/aromatic N) is 2. The molecular weight excluding hydrogens is 387 g/mol. The van der Waals surface area contributed by atoms with Crippen LogP contribution in [0.15, 0.2) is 40.6 Å². The molecule has 0 saturated carbocycles. The molecule has 2 saturated heterocycles. The summed E-state index contributed by atoms with van der Waals surface area (Å²) in [6, 6.07) is 7.64. The Kier molecular flexibility index (Phi) is 5.05. The average molecular weight is 409 g/mol.